The van der Waals surface area contributed by atoms with Gasteiger partial charge < -0.3 is 9.55 Å². The second-order valence-electron chi connectivity index (χ2n) is 8.67. The van der Waals surface area contributed by atoms with Crippen molar-refractivity contribution in [3.63, 3.8) is 0 Å². The smallest absolute Gasteiger partial charge is 0.340 e. The number of hydrogen-bond donors (Lipinski definition) is 1. The van der Waals surface area contributed by atoms with Crippen LogP contribution in [0.4, 0.5) is 13.2 Å². The summed E-state index contributed by atoms with van der Waals surface area (Å²) in [4.78, 5) is 20.8. The van der Waals surface area contributed by atoms with Gasteiger partial charge in [0, 0.05) is 27.9 Å². The highest BCUT2D eigenvalue weighted by Gasteiger charge is 2.31. The predicted molar refractivity (Wildman–Crippen MR) is 129 cm³/mol. The number of nitrogens with zero attached hydrogens (tertiary/aromatic N) is 6. The molecule has 0 radical (unpaired) electrons. The monoisotopic (exact) mass is 523 g/mol. The van der Waals surface area contributed by atoms with Crippen molar-refractivity contribution < 1.29 is 13.2 Å². The van der Waals surface area contributed by atoms with E-state index in [9.17, 15) is 18.0 Å². The van der Waals surface area contributed by atoms with E-state index in [1.165, 1.54) is 29.3 Å². The molecule has 1 atom stereocenters. The number of hydrogen-bond acceptors (Lipinski definition) is 5. The molecule has 0 saturated heterocycles. The Labute approximate surface area is 212 Å². The van der Waals surface area contributed by atoms with Crippen LogP contribution in [0.1, 0.15) is 29.5 Å². The normalized spacial score (nSPS) is 15.2. The van der Waals surface area contributed by atoms with E-state index in [2.05, 4.69) is 25.5 Å². The third-order valence-electron chi connectivity index (χ3n) is 6.41. The Morgan fingerprint density at radius 2 is 1.92 bits per heavy atom. The van der Waals surface area contributed by atoms with Crippen LogP contribution >= 0.6 is 11.6 Å². The van der Waals surface area contributed by atoms with E-state index in [4.69, 9.17) is 11.6 Å². The van der Waals surface area contributed by atoms with Crippen LogP contribution in [-0.2, 0) is 12.6 Å². The quantitative estimate of drug-likeness (QED) is 0.354. The number of aromatic amines is 1. The van der Waals surface area contributed by atoms with Crippen LogP contribution < -0.4 is 5.56 Å². The standard InChI is InChI=1S/C25H17ClF3N7O/c26-17-4-6-21(35-13-31-33-34-35)19(11-17)15-9-18-5-7-22(36(18)23(37)10-15)24-30-12-20(32-24)14-2-1-3-16(8-14)25(27,28)29/h1-4,6,8-13,22H,5,7H2,(H,30,32)/t22-/m0/s1. The summed E-state index contributed by atoms with van der Waals surface area (Å²) in [6.45, 7) is 0. The van der Waals surface area contributed by atoms with Crippen molar-refractivity contribution in [2.45, 2.75) is 25.1 Å². The Morgan fingerprint density at radius 1 is 1.05 bits per heavy atom. The fourth-order valence-electron chi connectivity index (χ4n) is 4.74. The molecule has 0 bridgehead atoms. The van der Waals surface area contributed by atoms with Gasteiger partial charge >= 0.3 is 6.18 Å². The van der Waals surface area contributed by atoms with E-state index in [1.807, 2.05) is 6.07 Å². The van der Waals surface area contributed by atoms with Crippen molar-refractivity contribution >= 4 is 11.6 Å². The molecule has 0 aliphatic carbocycles. The number of benzene rings is 2. The fraction of sp³-hybridized carbons (Fsp3) is 0.160. The third-order valence-corrected chi connectivity index (χ3v) is 6.65. The van der Waals surface area contributed by atoms with Crippen LogP contribution in [0, 0.1) is 0 Å². The van der Waals surface area contributed by atoms with Gasteiger partial charge in [-0.25, -0.2) is 4.98 Å². The molecule has 2 aromatic carbocycles. The van der Waals surface area contributed by atoms with Crippen LogP contribution in [0.2, 0.25) is 5.02 Å². The molecule has 0 unspecified atom stereocenters. The molecule has 1 N–H and O–H groups in total. The Bertz CT molecular complexity index is 1670. The van der Waals surface area contributed by atoms with E-state index < -0.39 is 11.7 Å². The molecular formula is C25H17ClF3N7O. The Morgan fingerprint density at radius 3 is 2.70 bits per heavy atom. The van der Waals surface area contributed by atoms with Crippen molar-refractivity contribution in [3.8, 4) is 28.1 Å². The molecule has 4 heterocycles. The molecule has 6 rings (SSSR count). The van der Waals surface area contributed by atoms with Gasteiger partial charge in [-0.05, 0) is 65.2 Å². The number of fused-ring (bicyclic) bond motifs is 1. The lowest BCUT2D eigenvalue weighted by Gasteiger charge is -2.15. The molecule has 186 valence electrons. The number of aryl methyl sites for hydroxylation is 1. The number of aromatic nitrogens is 7. The summed E-state index contributed by atoms with van der Waals surface area (Å²) < 4.78 is 42.6. The van der Waals surface area contributed by atoms with Crippen LogP contribution in [0.25, 0.3) is 28.1 Å². The number of nitrogens with one attached hydrogen (secondary N) is 1. The summed E-state index contributed by atoms with van der Waals surface area (Å²) in [5.41, 5.74) is 2.71. The van der Waals surface area contributed by atoms with Crippen molar-refractivity contribution in [1.29, 1.82) is 0 Å². The molecule has 0 spiro atoms. The van der Waals surface area contributed by atoms with E-state index in [0.717, 1.165) is 17.8 Å². The van der Waals surface area contributed by atoms with Crippen LogP contribution in [0.15, 0.2) is 71.9 Å². The average molecular weight is 524 g/mol. The summed E-state index contributed by atoms with van der Waals surface area (Å²) in [6, 6.07) is 13.4. The van der Waals surface area contributed by atoms with Crippen LogP contribution in [0.5, 0.6) is 0 Å². The van der Waals surface area contributed by atoms with Gasteiger partial charge in [0.2, 0.25) is 0 Å². The highest BCUT2D eigenvalue weighted by Crippen LogP contribution is 2.35. The number of alkyl halides is 3. The zero-order chi connectivity index (χ0) is 25.7. The minimum absolute atomic E-state index is 0.227. The highest BCUT2D eigenvalue weighted by atomic mass is 35.5. The summed E-state index contributed by atoms with van der Waals surface area (Å²) in [6.07, 6.45) is -0.256. The number of tetrazole rings is 1. The van der Waals surface area contributed by atoms with Gasteiger partial charge in [-0.1, -0.05) is 23.7 Å². The van der Waals surface area contributed by atoms with Gasteiger partial charge in [-0.3, -0.25) is 4.79 Å². The van der Waals surface area contributed by atoms with Gasteiger partial charge in [0.15, 0.2) is 0 Å². The molecule has 37 heavy (non-hydrogen) atoms. The minimum atomic E-state index is -4.44. The zero-order valence-corrected chi connectivity index (χ0v) is 19.7. The topological polar surface area (TPSA) is 94.3 Å². The number of H-pyrrole nitrogens is 1. The Hall–Kier alpha value is -4.25. The van der Waals surface area contributed by atoms with Crippen LogP contribution in [-0.4, -0.2) is 34.7 Å². The largest absolute Gasteiger partial charge is 0.416 e. The summed E-state index contributed by atoms with van der Waals surface area (Å²) in [7, 11) is 0. The molecule has 3 aromatic heterocycles. The summed E-state index contributed by atoms with van der Waals surface area (Å²) in [5.74, 6) is 0.512. The molecule has 5 aromatic rings. The highest BCUT2D eigenvalue weighted by molar-refractivity contribution is 6.31. The van der Waals surface area contributed by atoms with E-state index in [1.54, 1.807) is 28.8 Å². The molecule has 8 nitrogen and oxygen atoms in total. The number of rotatable bonds is 4. The third kappa shape index (κ3) is 4.20. The van der Waals surface area contributed by atoms with Crippen molar-refractivity contribution in [1.82, 2.24) is 34.7 Å². The lowest BCUT2D eigenvalue weighted by molar-refractivity contribution is -0.137. The summed E-state index contributed by atoms with van der Waals surface area (Å²) in [5, 5.41) is 11.8. The molecule has 0 saturated carbocycles. The molecule has 0 amide bonds. The van der Waals surface area contributed by atoms with Gasteiger partial charge in [0.25, 0.3) is 5.56 Å². The SMILES string of the molecule is O=c1cc(-c2cc(Cl)ccc2-n2cnnn2)cc2n1[C@H](c1ncc(-c3cccc(C(F)(F)F)c3)[nH]1)CC2. The number of pyridine rings is 1. The summed E-state index contributed by atoms with van der Waals surface area (Å²) >= 11 is 6.26. The average Bonchev–Trinajstić information content (AvgIpc) is 3.64. The van der Waals surface area contributed by atoms with Gasteiger partial charge in [-0.15, -0.1) is 5.10 Å². The first-order valence-corrected chi connectivity index (χ1v) is 11.7. The van der Waals surface area contributed by atoms with Crippen molar-refractivity contribution in [2.24, 2.45) is 0 Å². The Balaban J connectivity index is 1.36. The maximum Gasteiger partial charge on any atom is 0.416 e. The second-order valence-corrected chi connectivity index (χ2v) is 9.11. The number of halogens is 4. The first-order chi connectivity index (χ1) is 17.8. The molecule has 12 heteroatoms. The van der Waals surface area contributed by atoms with Crippen LogP contribution in [0.3, 0.4) is 0 Å². The number of imidazole rings is 1. The van der Waals surface area contributed by atoms with E-state index >= 15 is 0 Å². The molecule has 0 fully saturated rings. The second kappa shape index (κ2) is 8.70. The van der Waals surface area contributed by atoms with Gasteiger partial charge in [0.05, 0.1) is 29.2 Å². The van der Waals surface area contributed by atoms with Gasteiger partial charge in [-0.2, -0.15) is 17.9 Å². The van der Waals surface area contributed by atoms with Crippen molar-refractivity contribution in [2.75, 3.05) is 0 Å². The predicted octanol–water partition coefficient (Wildman–Crippen LogP) is 5.09. The first kappa shape index (κ1) is 23.2. The molecule has 1 aliphatic heterocycles. The lowest BCUT2D eigenvalue weighted by atomic mass is 10.0. The first-order valence-electron chi connectivity index (χ1n) is 11.3. The maximum atomic E-state index is 13.3. The zero-order valence-electron chi connectivity index (χ0n) is 18.9. The fourth-order valence-corrected chi connectivity index (χ4v) is 4.91. The molecule has 1 aliphatic rings. The molecular weight excluding hydrogens is 507 g/mol. The van der Waals surface area contributed by atoms with E-state index in [-0.39, 0.29) is 11.6 Å². The van der Waals surface area contributed by atoms with Gasteiger partial charge in [0.1, 0.15) is 12.2 Å². The van der Waals surface area contributed by atoms with E-state index in [0.29, 0.717) is 51.8 Å². The maximum absolute atomic E-state index is 13.3. The minimum Gasteiger partial charge on any atom is -0.340 e. The Kier molecular flexibility index (Phi) is 5.45. The lowest BCUT2D eigenvalue weighted by Crippen LogP contribution is -2.23. The van der Waals surface area contributed by atoms with Crippen molar-refractivity contribution in [3.05, 3.63) is 99.6 Å².